The van der Waals surface area contributed by atoms with Crippen LogP contribution in [0.2, 0.25) is 0 Å². The molecule has 0 bridgehead atoms. The standard InChI is InChI=1S/C9H10BrNO2/c1-11-4-6-2-7(10)3-8-9(6)13-5-12-8/h2-3,11H,4-5H2,1H3. The molecule has 1 aliphatic heterocycles. The molecule has 0 spiro atoms. The summed E-state index contributed by atoms with van der Waals surface area (Å²) in [5, 5.41) is 3.08. The predicted molar refractivity (Wildman–Crippen MR) is 53.0 cm³/mol. The SMILES string of the molecule is CNCc1cc(Br)cc2c1OCO2. The van der Waals surface area contributed by atoms with E-state index in [2.05, 4.69) is 21.2 Å². The highest BCUT2D eigenvalue weighted by Gasteiger charge is 2.17. The molecule has 0 aromatic heterocycles. The Morgan fingerprint density at radius 1 is 1.46 bits per heavy atom. The summed E-state index contributed by atoms with van der Waals surface area (Å²) in [4.78, 5) is 0. The van der Waals surface area contributed by atoms with Crippen LogP contribution in [0.25, 0.3) is 0 Å². The summed E-state index contributed by atoms with van der Waals surface area (Å²) in [6.07, 6.45) is 0. The minimum absolute atomic E-state index is 0.322. The molecule has 70 valence electrons. The molecule has 3 nitrogen and oxygen atoms in total. The number of hydrogen-bond donors (Lipinski definition) is 1. The number of halogens is 1. The molecule has 1 aromatic rings. The first kappa shape index (κ1) is 8.84. The van der Waals surface area contributed by atoms with Gasteiger partial charge in [-0.3, -0.25) is 0 Å². The summed E-state index contributed by atoms with van der Waals surface area (Å²) in [5.74, 6) is 1.68. The number of benzene rings is 1. The molecule has 0 radical (unpaired) electrons. The molecule has 0 saturated heterocycles. The molecule has 0 aliphatic carbocycles. The summed E-state index contributed by atoms with van der Waals surface area (Å²) < 4.78 is 11.7. The topological polar surface area (TPSA) is 30.5 Å². The highest BCUT2D eigenvalue weighted by atomic mass is 79.9. The van der Waals surface area contributed by atoms with Gasteiger partial charge in [0.25, 0.3) is 0 Å². The van der Waals surface area contributed by atoms with Crippen LogP contribution in [0.5, 0.6) is 11.5 Å². The van der Waals surface area contributed by atoms with Gasteiger partial charge in [-0.25, -0.2) is 0 Å². The van der Waals surface area contributed by atoms with Gasteiger partial charge in [-0.2, -0.15) is 0 Å². The fraction of sp³-hybridized carbons (Fsp3) is 0.333. The zero-order valence-electron chi connectivity index (χ0n) is 7.26. The van der Waals surface area contributed by atoms with Crippen molar-refractivity contribution in [3.8, 4) is 11.5 Å². The van der Waals surface area contributed by atoms with Crippen molar-refractivity contribution < 1.29 is 9.47 Å². The van der Waals surface area contributed by atoms with Crippen molar-refractivity contribution in [3.63, 3.8) is 0 Å². The Balaban J connectivity index is 2.43. The molecule has 13 heavy (non-hydrogen) atoms. The van der Waals surface area contributed by atoms with Gasteiger partial charge < -0.3 is 14.8 Å². The first-order valence-corrected chi connectivity index (χ1v) is 4.83. The van der Waals surface area contributed by atoms with Crippen LogP contribution >= 0.6 is 15.9 Å². The molecule has 0 unspecified atom stereocenters. The average Bonchev–Trinajstić information content (AvgIpc) is 2.52. The van der Waals surface area contributed by atoms with E-state index < -0.39 is 0 Å². The van der Waals surface area contributed by atoms with Crippen LogP contribution in [-0.4, -0.2) is 13.8 Å². The van der Waals surface area contributed by atoms with Crippen molar-refractivity contribution in [2.45, 2.75) is 6.54 Å². The number of ether oxygens (including phenoxy) is 2. The number of hydrogen-bond acceptors (Lipinski definition) is 3. The van der Waals surface area contributed by atoms with Gasteiger partial charge >= 0.3 is 0 Å². The molecule has 0 amide bonds. The van der Waals surface area contributed by atoms with Crippen LogP contribution in [0.3, 0.4) is 0 Å². The highest BCUT2D eigenvalue weighted by molar-refractivity contribution is 9.10. The van der Waals surface area contributed by atoms with Crippen LogP contribution in [0.1, 0.15) is 5.56 Å². The first-order valence-electron chi connectivity index (χ1n) is 4.04. The number of rotatable bonds is 2. The maximum atomic E-state index is 5.35. The maximum Gasteiger partial charge on any atom is 0.231 e. The second kappa shape index (κ2) is 3.55. The lowest BCUT2D eigenvalue weighted by molar-refractivity contribution is 0.173. The molecule has 4 heteroatoms. The second-order valence-corrected chi connectivity index (χ2v) is 3.74. The van der Waals surface area contributed by atoms with E-state index in [0.29, 0.717) is 6.79 Å². The zero-order valence-corrected chi connectivity index (χ0v) is 8.85. The van der Waals surface area contributed by atoms with E-state index in [4.69, 9.17) is 9.47 Å². The van der Waals surface area contributed by atoms with E-state index in [1.807, 2.05) is 19.2 Å². The van der Waals surface area contributed by atoms with Gasteiger partial charge in [-0.05, 0) is 19.2 Å². The molecule has 1 aromatic carbocycles. The van der Waals surface area contributed by atoms with E-state index >= 15 is 0 Å². The second-order valence-electron chi connectivity index (χ2n) is 2.83. The normalized spacial score (nSPS) is 13.4. The minimum Gasteiger partial charge on any atom is -0.454 e. The molecule has 0 atom stereocenters. The molecule has 1 heterocycles. The Morgan fingerprint density at radius 2 is 2.31 bits per heavy atom. The molecular formula is C9H10BrNO2. The Morgan fingerprint density at radius 3 is 3.08 bits per heavy atom. The van der Waals surface area contributed by atoms with E-state index in [-0.39, 0.29) is 0 Å². The van der Waals surface area contributed by atoms with Crippen LogP contribution in [-0.2, 0) is 6.54 Å². The van der Waals surface area contributed by atoms with Gasteiger partial charge in [-0.15, -0.1) is 0 Å². The fourth-order valence-electron chi connectivity index (χ4n) is 1.37. The first-order chi connectivity index (χ1) is 6.31. The summed E-state index contributed by atoms with van der Waals surface area (Å²) >= 11 is 3.42. The lowest BCUT2D eigenvalue weighted by Gasteiger charge is -2.05. The monoisotopic (exact) mass is 243 g/mol. The zero-order chi connectivity index (χ0) is 9.26. The highest BCUT2D eigenvalue weighted by Crippen LogP contribution is 2.38. The van der Waals surface area contributed by atoms with Gasteiger partial charge in [0, 0.05) is 16.6 Å². The van der Waals surface area contributed by atoms with Gasteiger partial charge in [0.1, 0.15) is 0 Å². The van der Waals surface area contributed by atoms with Crippen molar-refractivity contribution in [1.82, 2.24) is 5.32 Å². The molecule has 0 fully saturated rings. The Hall–Kier alpha value is -0.740. The van der Waals surface area contributed by atoms with Gasteiger partial charge in [-0.1, -0.05) is 15.9 Å². The summed E-state index contributed by atoms with van der Waals surface area (Å²) in [7, 11) is 1.91. The van der Waals surface area contributed by atoms with Crippen LogP contribution in [0.4, 0.5) is 0 Å². The average molecular weight is 244 g/mol. The number of fused-ring (bicyclic) bond motifs is 1. The Kier molecular flexibility index (Phi) is 2.42. The van der Waals surface area contributed by atoms with Crippen LogP contribution < -0.4 is 14.8 Å². The number of nitrogens with one attached hydrogen (secondary N) is 1. The van der Waals surface area contributed by atoms with Crippen molar-refractivity contribution in [2.75, 3.05) is 13.8 Å². The minimum atomic E-state index is 0.322. The quantitative estimate of drug-likeness (QED) is 0.861. The summed E-state index contributed by atoms with van der Waals surface area (Å²) in [5.41, 5.74) is 1.12. The largest absolute Gasteiger partial charge is 0.454 e. The lowest BCUT2D eigenvalue weighted by Crippen LogP contribution is -2.06. The molecule has 2 rings (SSSR count). The van der Waals surface area contributed by atoms with Crippen LogP contribution in [0.15, 0.2) is 16.6 Å². The van der Waals surface area contributed by atoms with Gasteiger partial charge in [0.2, 0.25) is 6.79 Å². The van der Waals surface area contributed by atoms with Gasteiger partial charge in [0.15, 0.2) is 11.5 Å². The third-order valence-electron chi connectivity index (χ3n) is 1.88. The van der Waals surface area contributed by atoms with Crippen molar-refractivity contribution >= 4 is 15.9 Å². The van der Waals surface area contributed by atoms with E-state index in [9.17, 15) is 0 Å². The lowest BCUT2D eigenvalue weighted by atomic mass is 10.2. The summed E-state index contributed by atoms with van der Waals surface area (Å²) in [6, 6.07) is 3.95. The molecule has 0 saturated carbocycles. The predicted octanol–water partition coefficient (Wildman–Crippen LogP) is 1.90. The third-order valence-corrected chi connectivity index (χ3v) is 2.34. The van der Waals surface area contributed by atoms with E-state index in [0.717, 1.165) is 28.1 Å². The van der Waals surface area contributed by atoms with Crippen molar-refractivity contribution in [3.05, 3.63) is 22.2 Å². The smallest absolute Gasteiger partial charge is 0.231 e. The van der Waals surface area contributed by atoms with Crippen molar-refractivity contribution in [2.24, 2.45) is 0 Å². The molecular weight excluding hydrogens is 234 g/mol. The molecule has 1 N–H and O–H groups in total. The van der Waals surface area contributed by atoms with Crippen molar-refractivity contribution in [1.29, 1.82) is 0 Å². The van der Waals surface area contributed by atoms with E-state index in [1.165, 1.54) is 0 Å². The Bertz CT molecular complexity index is 328. The third kappa shape index (κ3) is 1.64. The summed E-state index contributed by atoms with van der Waals surface area (Å²) in [6.45, 7) is 1.10. The van der Waals surface area contributed by atoms with Gasteiger partial charge in [0.05, 0.1) is 0 Å². The fourth-order valence-corrected chi connectivity index (χ4v) is 1.85. The maximum absolute atomic E-state index is 5.35. The Labute approximate surface area is 85.2 Å². The van der Waals surface area contributed by atoms with Crippen LogP contribution in [0, 0.1) is 0 Å². The van der Waals surface area contributed by atoms with E-state index in [1.54, 1.807) is 0 Å². The molecule has 1 aliphatic rings.